The van der Waals surface area contributed by atoms with Crippen LogP contribution in [-0.4, -0.2) is 11.1 Å². The molecule has 1 aromatic carbocycles. The number of fused-ring (bicyclic) bond motifs is 1. The highest BCUT2D eigenvalue weighted by molar-refractivity contribution is 7.17. The van der Waals surface area contributed by atoms with E-state index in [0.717, 1.165) is 0 Å². The standard InChI is InChI=1S/C9H4ClFO2S/c10-5-3-4-1-2-14-8(4)6(7(5)11)9(12)13/h1-3H,(H,12,13). The van der Waals surface area contributed by atoms with Crippen molar-refractivity contribution in [1.29, 1.82) is 0 Å². The molecule has 0 unspecified atom stereocenters. The van der Waals surface area contributed by atoms with Crippen molar-refractivity contribution in [3.63, 3.8) is 0 Å². The lowest BCUT2D eigenvalue weighted by Gasteiger charge is -2.01. The smallest absolute Gasteiger partial charge is 0.340 e. The Morgan fingerprint density at radius 3 is 2.93 bits per heavy atom. The van der Waals surface area contributed by atoms with E-state index in [4.69, 9.17) is 16.7 Å². The van der Waals surface area contributed by atoms with Crippen LogP contribution in [0.25, 0.3) is 10.1 Å². The predicted molar refractivity (Wildman–Crippen MR) is 53.8 cm³/mol. The van der Waals surface area contributed by atoms with Crippen LogP contribution in [0.4, 0.5) is 4.39 Å². The van der Waals surface area contributed by atoms with Gasteiger partial charge in [0, 0.05) is 0 Å². The molecule has 0 saturated heterocycles. The first-order valence-corrected chi connectivity index (χ1v) is 4.95. The van der Waals surface area contributed by atoms with Gasteiger partial charge in [-0.25, -0.2) is 9.18 Å². The van der Waals surface area contributed by atoms with E-state index in [1.807, 2.05) is 0 Å². The summed E-state index contributed by atoms with van der Waals surface area (Å²) < 4.78 is 13.8. The average molecular weight is 231 g/mol. The molecule has 0 radical (unpaired) electrons. The van der Waals surface area contributed by atoms with E-state index in [9.17, 15) is 9.18 Å². The van der Waals surface area contributed by atoms with E-state index in [1.165, 1.54) is 17.4 Å². The van der Waals surface area contributed by atoms with E-state index in [1.54, 1.807) is 11.4 Å². The van der Waals surface area contributed by atoms with Crippen molar-refractivity contribution in [3.8, 4) is 0 Å². The summed E-state index contributed by atoms with van der Waals surface area (Å²) in [7, 11) is 0. The van der Waals surface area contributed by atoms with Gasteiger partial charge in [0.25, 0.3) is 0 Å². The van der Waals surface area contributed by atoms with Crippen molar-refractivity contribution in [2.45, 2.75) is 0 Å². The minimum Gasteiger partial charge on any atom is -0.478 e. The van der Waals surface area contributed by atoms with Gasteiger partial charge in [-0.15, -0.1) is 11.3 Å². The first-order chi connectivity index (χ1) is 6.61. The zero-order valence-electron chi connectivity index (χ0n) is 6.75. The van der Waals surface area contributed by atoms with Gasteiger partial charge < -0.3 is 5.11 Å². The highest BCUT2D eigenvalue weighted by Gasteiger charge is 2.18. The van der Waals surface area contributed by atoms with E-state index in [0.29, 0.717) is 10.1 Å². The number of rotatable bonds is 1. The Bertz CT molecular complexity index is 521. The van der Waals surface area contributed by atoms with Crippen molar-refractivity contribution < 1.29 is 14.3 Å². The minimum absolute atomic E-state index is 0.159. The predicted octanol–water partition coefficient (Wildman–Crippen LogP) is 3.39. The summed E-state index contributed by atoms with van der Waals surface area (Å²) >= 11 is 6.75. The van der Waals surface area contributed by atoms with Gasteiger partial charge >= 0.3 is 5.97 Å². The second kappa shape index (κ2) is 3.22. The number of hydrogen-bond acceptors (Lipinski definition) is 2. The summed E-state index contributed by atoms with van der Waals surface area (Å²) in [5.74, 6) is -2.16. The zero-order chi connectivity index (χ0) is 10.3. The summed E-state index contributed by atoms with van der Waals surface area (Å²) in [6, 6.07) is 3.13. The van der Waals surface area contributed by atoms with Crippen LogP contribution >= 0.6 is 22.9 Å². The molecule has 0 saturated carbocycles. The summed E-state index contributed by atoms with van der Waals surface area (Å²) in [6.07, 6.45) is 0. The first-order valence-electron chi connectivity index (χ1n) is 3.69. The third kappa shape index (κ3) is 1.27. The van der Waals surface area contributed by atoms with Gasteiger partial charge in [-0.05, 0) is 22.9 Å². The number of carboxylic acid groups (broad SMARTS) is 1. The van der Waals surface area contributed by atoms with Gasteiger partial charge in [0.05, 0.1) is 9.72 Å². The average Bonchev–Trinajstić information content (AvgIpc) is 2.52. The molecule has 0 amide bonds. The molecule has 1 N–H and O–H groups in total. The fraction of sp³-hybridized carbons (Fsp3) is 0. The van der Waals surface area contributed by atoms with Gasteiger partial charge in [-0.2, -0.15) is 0 Å². The highest BCUT2D eigenvalue weighted by Crippen LogP contribution is 2.31. The highest BCUT2D eigenvalue weighted by atomic mass is 35.5. The van der Waals surface area contributed by atoms with Crippen LogP contribution in [0.15, 0.2) is 17.5 Å². The number of thiophene rings is 1. The van der Waals surface area contributed by atoms with Crippen molar-refractivity contribution in [1.82, 2.24) is 0 Å². The quantitative estimate of drug-likeness (QED) is 0.815. The van der Waals surface area contributed by atoms with Gasteiger partial charge in [-0.3, -0.25) is 0 Å². The number of carbonyl (C=O) groups is 1. The molecule has 1 heterocycles. The molecule has 0 spiro atoms. The lowest BCUT2D eigenvalue weighted by Crippen LogP contribution is -2.01. The minimum atomic E-state index is -1.29. The maximum absolute atomic E-state index is 13.4. The molecule has 2 nitrogen and oxygen atoms in total. The molecule has 0 fully saturated rings. The monoisotopic (exact) mass is 230 g/mol. The molecular weight excluding hydrogens is 227 g/mol. The zero-order valence-corrected chi connectivity index (χ0v) is 8.32. The Kier molecular flexibility index (Phi) is 2.17. The van der Waals surface area contributed by atoms with Crippen LogP contribution in [0.3, 0.4) is 0 Å². The summed E-state index contributed by atoms with van der Waals surface area (Å²) in [4.78, 5) is 10.8. The SMILES string of the molecule is O=C(O)c1c(F)c(Cl)cc2ccsc12. The van der Waals surface area contributed by atoms with Crippen LogP contribution in [0.2, 0.25) is 5.02 Å². The van der Waals surface area contributed by atoms with E-state index >= 15 is 0 Å². The van der Waals surface area contributed by atoms with Crippen LogP contribution in [0, 0.1) is 5.82 Å². The molecule has 0 atom stereocenters. The molecular formula is C9H4ClFO2S. The molecule has 0 aliphatic carbocycles. The molecule has 14 heavy (non-hydrogen) atoms. The van der Waals surface area contributed by atoms with Gasteiger partial charge in [0.1, 0.15) is 5.56 Å². The molecule has 2 rings (SSSR count). The van der Waals surface area contributed by atoms with Crippen molar-refractivity contribution in [2.24, 2.45) is 0 Å². The number of benzene rings is 1. The lowest BCUT2D eigenvalue weighted by molar-refractivity contribution is 0.0694. The Morgan fingerprint density at radius 2 is 2.29 bits per heavy atom. The fourth-order valence-corrected chi connectivity index (χ4v) is 2.37. The lowest BCUT2D eigenvalue weighted by atomic mass is 10.1. The van der Waals surface area contributed by atoms with Gasteiger partial charge in [0.15, 0.2) is 5.82 Å². The molecule has 2 aromatic rings. The third-order valence-electron chi connectivity index (χ3n) is 1.85. The number of halogens is 2. The number of aromatic carboxylic acids is 1. The second-order valence-electron chi connectivity index (χ2n) is 2.69. The van der Waals surface area contributed by atoms with E-state index < -0.39 is 11.8 Å². The molecule has 1 aromatic heterocycles. The summed E-state index contributed by atoms with van der Waals surface area (Å²) in [5.41, 5.74) is -0.345. The van der Waals surface area contributed by atoms with Gasteiger partial charge in [-0.1, -0.05) is 11.6 Å². The van der Waals surface area contributed by atoms with Crippen LogP contribution in [-0.2, 0) is 0 Å². The van der Waals surface area contributed by atoms with Gasteiger partial charge in [0.2, 0.25) is 0 Å². The van der Waals surface area contributed by atoms with E-state index in [-0.39, 0.29) is 10.6 Å². The maximum Gasteiger partial charge on any atom is 0.340 e. The Balaban J connectivity index is 2.93. The van der Waals surface area contributed by atoms with E-state index in [2.05, 4.69) is 0 Å². The normalized spacial score (nSPS) is 10.7. The van der Waals surface area contributed by atoms with Crippen molar-refractivity contribution in [2.75, 3.05) is 0 Å². The molecule has 0 aliphatic rings. The van der Waals surface area contributed by atoms with Crippen molar-refractivity contribution in [3.05, 3.63) is 33.9 Å². The molecule has 0 aliphatic heterocycles. The van der Waals surface area contributed by atoms with Crippen molar-refractivity contribution >= 4 is 39.0 Å². The Labute approximate surface area is 87.5 Å². The Morgan fingerprint density at radius 1 is 1.57 bits per heavy atom. The first kappa shape index (κ1) is 9.43. The number of carboxylic acids is 1. The topological polar surface area (TPSA) is 37.3 Å². The van der Waals surface area contributed by atoms with Crippen LogP contribution in [0.1, 0.15) is 10.4 Å². The third-order valence-corrected chi connectivity index (χ3v) is 3.07. The molecule has 0 bridgehead atoms. The maximum atomic E-state index is 13.4. The van der Waals surface area contributed by atoms with Crippen LogP contribution in [0.5, 0.6) is 0 Å². The number of hydrogen-bond donors (Lipinski definition) is 1. The molecule has 5 heteroatoms. The fourth-order valence-electron chi connectivity index (χ4n) is 1.25. The Hall–Kier alpha value is -1.13. The summed E-state index contributed by atoms with van der Waals surface area (Å²) in [5, 5.41) is 11.0. The van der Waals surface area contributed by atoms with Crippen LogP contribution < -0.4 is 0 Å². The largest absolute Gasteiger partial charge is 0.478 e. The molecule has 72 valence electrons. The summed E-state index contributed by atoms with van der Waals surface area (Å²) in [6.45, 7) is 0. The second-order valence-corrected chi connectivity index (χ2v) is 4.01.